The van der Waals surface area contributed by atoms with Crippen LogP contribution in [0.1, 0.15) is 66.9 Å². The van der Waals surface area contributed by atoms with E-state index in [-0.39, 0.29) is 18.5 Å². The van der Waals surface area contributed by atoms with E-state index in [4.69, 9.17) is 0 Å². The minimum absolute atomic E-state index is 0.173. The zero-order chi connectivity index (χ0) is 21.5. The van der Waals surface area contributed by atoms with Gasteiger partial charge in [-0.3, -0.25) is 14.4 Å². The Balaban J connectivity index is 1.57. The van der Waals surface area contributed by atoms with Gasteiger partial charge in [0.1, 0.15) is 0 Å². The van der Waals surface area contributed by atoms with Gasteiger partial charge in [0.05, 0.1) is 11.3 Å². The Kier molecular flexibility index (Phi) is 7.22. The molecule has 0 spiro atoms. The molecule has 3 N–H and O–H groups in total. The topological polar surface area (TPSA) is 87.3 Å². The van der Waals surface area contributed by atoms with Gasteiger partial charge in [-0.25, -0.2) is 0 Å². The van der Waals surface area contributed by atoms with Crippen LogP contribution in [0, 0.1) is 0 Å². The van der Waals surface area contributed by atoms with E-state index in [0.29, 0.717) is 17.2 Å². The molecule has 6 nitrogen and oxygen atoms in total. The predicted molar refractivity (Wildman–Crippen MR) is 117 cm³/mol. The molecular weight excluding hydrogens is 378 g/mol. The zero-order valence-corrected chi connectivity index (χ0v) is 17.5. The monoisotopic (exact) mass is 407 g/mol. The van der Waals surface area contributed by atoms with E-state index in [1.165, 1.54) is 5.56 Å². The smallest absolute Gasteiger partial charge is 0.313 e. The summed E-state index contributed by atoms with van der Waals surface area (Å²) in [4.78, 5) is 37.2. The molecule has 2 aromatic rings. The van der Waals surface area contributed by atoms with Gasteiger partial charge >= 0.3 is 11.8 Å². The van der Waals surface area contributed by atoms with Crippen molar-refractivity contribution in [3.8, 4) is 0 Å². The van der Waals surface area contributed by atoms with Crippen LogP contribution in [0.3, 0.4) is 0 Å². The number of rotatable bonds is 6. The molecule has 158 valence electrons. The lowest BCUT2D eigenvalue weighted by molar-refractivity contribution is -0.136. The number of anilines is 1. The molecule has 0 heterocycles. The second-order valence-corrected chi connectivity index (χ2v) is 8.03. The fraction of sp³-hybridized carbons (Fsp3) is 0.375. The molecule has 0 aromatic heterocycles. The number of amides is 3. The first kappa shape index (κ1) is 21.6. The van der Waals surface area contributed by atoms with E-state index in [1.807, 2.05) is 24.3 Å². The highest BCUT2D eigenvalue weighted by Crippen LogP contribution is 2.20. The minimum Gasteiger partial charge on any atom is -0.349 e. The average molecular weight is 408 g/mol. The van der Waals surface area contributed by atoms with Crippen molar-refractivity contribution >= 4 is 23.4 Å². The summed E-state index contributed by atoms with van der Waals surface area (Å²) in [5, 5.41) is 8.19. The Bertz CT molecular complexity index is 900. The maximum absolute atomic E-state index is 12.6. The van der Waals surface area contributed by atoms with E-state index in [2.05, 4.69) is 29.8 Å². The summed E-state index contributed by atoms with van der Waals surface area (Å²) in [5.41, 5.74) is 2.82. The molecule has 0 bridgehead atoms. The van der Waals surface area contributed by atoms with E-state index >= 15 is 0 Å². The third kappa shape index (κ3) is 5.69. The minimum atomic E-state index is -0.796. The van der Waals surface area contributed by atoms with E-state index in [0.717, 1.165) is 31.2 Å². The molecule has 6 heteroatoms. The molecule has 2 aromatic carbocycles. The molecule has 1 saturated carbocycles. The SMILES string of the molecule is CC(C)c1ccc(CNC(=O)C(=O)Nc2ccccc2C(=O)NC2CCCC2)cc1. The van der Waals surface area contributed by atoms with E-state index in [9.17, 15) is 14.4 Å². The van der Waals surface area contributed by atoms with Gasteiger partial charge in [-0.1, -0.05) is 63.1 Å². The van der Waals surface area contributed by atoms with Crippen molar-refractivity contribution in [2.24, 2.45) is 0 Å². The Morgan fingerprint density at radius 2 is 1.60 bits per heavy atom. The fourth-order valence-electron chi connectivity index (χ4n) is 3.59. The Morgan fingerprint density at radius 3 is 2.27 bits per heavy atom. The summed E-state index contributed by atoms with van der Waals surface area (Å²) in [5.74, 6) is -1.34. The summed E-state index contributed by atoms with van der Waals surface area (Å²) in [6.45, 7) is 4.49. The molecule has 3 rings (SSSR count). The largest absolute Gasteiger partial charge is 0.349 e. The quantitative estimate of drug-likeness (QED) is 0.638. The van der Waals surface area contributed by atoms with Crippen LogP contribution in [-0.2, 0) is 16.1 Å². The van der Waals surface area contributed by atoms with Crippen LogP contribution in [0.2, 0.25) is 0 Å². The third-order valence-corrected chi connectivity index (χ3v) is 5.42. The van der Waals surface area contributed by atoms with Crippen molar-refractivity contribution < 1.29 is 14.4 Å². The van der Waals surface area contributed by atoms with Crippen molar-refractivity contribution in [3.05, 3.63) is 65.2 Å². The van der Waals surface area contributed by atoms with Crippen molar-refractivity contribution in [3.63, 3.8) is 0 Å². The van der Waals surface area contributed by atoms with Crippen LogP contribution in [0.25, 0.3) is 0 Å². The molecule has 1 fully saturated rings. The number of nitrogens with one attached hydrogen (secondary N) is 3. The number of hydrogen-bond donors (Lipinski definition) is 3. The molecule has 0 saturated heterocycles. The van der Waals surface area contributed by atoms with Gasteiger partial charge < -0.3 is 16.0 Å². The number of carbonyl (C=O) groups excluding carboxylic acids is 3. The van der Waals surface area contributed by atoms with Crippen LogP contribution in [0.5, 0.6) is 0 Å². The summed E-state index contributed by atoms with van der Waals surface area (Å²) >= 11 is 0. The lowest BCUT2D eigenvalue weighted by atomic mass is 10.0. The van der Waals surface area contributed by atoms with Gasteiger partial charge in [-0.05, 0) is 42.0 Å². The molecule has 1 aliphatic carbocycles. The zero-order valence-electron chi connectivity index (χ0n) is 17.5. The van der Waals surface area contributed by atoms with Crippen molar-refractivity contribution in [2.75, 3.05) is 5.32 Å². The molecule has 0 aliphatic heterocycles. The van der Waals surface area contributed by atoms with Crippen LogP contribution in [0.4, 0.5) is 5.69 Å². The molecule has 0 atom stereocenters. The van der Waals surface area contributed by atoms with Gasteiger partial charge in [0.25, 0.3) is 5.91 Å². The second-order valence-electron chi connectivity index (χ2n) is 8.03. The van der Waals surface area contributed by atoms with Crippen LogP contribution in [-0.4, -0.2) is 23.8 Å². The second kappa shape index (κ2) is 10.1. The number of benzene rings is 2. The fourth-order valence-corrected chi connectivity index (χ4v) is 3.59. The van der Waals surface area contributed by atoms with Gasteiger partial charge in [0.2, 0.25) is 0 Å². The molecule has 1 aliphatic rings. The molecule has 0 radical (unpaired) electrons. The highest BCUT2D eigenvalue weighted by atomic mass is 16.2. The first-order valence-electron chi connectivity index (χ1n) is 10.5. The van der Waals surface area contributed by atoms with Gasteiger partial charge in [0, 0.05) is 12.6 Å². The summed E-state index contributed by atoms with van der Waals surface area (Å²) in [7, 11) is 0. The predicted octanol–water partition coefficient (Wildman–Crippen LogP) is 3.74. The normalized spacial score (nSPS) is 13.8. The molecule has 3 amide bonds. The lowest BCUT2D eigenvalue weighted by Crippen LogP contribution is -2.36. The van der Waals surface area contributed by atoms with E-state index < -0.39 is 11.8 Å². The third-order valence-electron chi connectivity index (χ3n) is 5.42. The maximum Gasteiger partial charge on any atom is 0.313 e. The highest BCUT2D eigenvalue weighted by molar-refractivity contribution is 6.40. The van der Waals surface area contributed by atoms with Crippen LogP contribution in [0.15, 0.2) is 48.5 Å². The first-order valence-corrected chi connectivity index (χ1v) is 10.5. The number of hydrogen-bond acceptors (Lipinski definition) is 3. The van der Waals surface area contributed by atoms with Crippen LogP contribution >= 0.6 is 0 Å². The average Bonchev–Trinajstić information content (AvgIpc) is 3.25. The van der Waals surface area contributed by atoms with E-state index in [1.54, 1.807) is 24.3 Å². The maximum atomic E-state index is 12.6. The standard InChI is InChI=1S/C24H29N3O3/c1-16(2)18-13-11-17(12-14-18)15-25-23(29)24(30)27-21-10-6-5-9-20(21)22(28)26-19-7-3-4-8-19/h5-6,9-14,16,19H,3-4,7-8,15H2,1-2H3,(H,25,29)(H,26,28)(H,27,30). The Labute approximate surface area is 177 Å². The lowest BCUT2D eigenvalue weighted by Gasteiger charge is -2.15. The molecule has 30 heavy (non-hydrogen) atoms. The Hall–Kier alpha value is -3.15. The van der Waals surface area contributed by atoms with Crippen molar-refractivity contribution in [2.45, 2.75) is 58.0 Å². The number of para-hydroxylation sites is 1. The molecule has 0 unspecified atom stereocenters. The molecular formula is C24H29N3O3. The van der Waals surface area contributed by atoms with Gasteiger partial charge in [-0.15, -0.1) is 0 Å². The first-order chi connectivity index (χ1) is 14.4. The van der Waals surface area contributed by atoms with Gasteiger partial charge in [0.15, 0.2) is 0 Å². The summed E-state index contributed by atoms with van der Waals surface area (Å²) < 4.78 is 0. The summed E-state index contributed by atoms with van der Waals surface area (Å²) in [6.07, 6.45) is 4.18. The van der Waals surface area contributed by atoms with Crippen molar-refractivity contribution in [1.29, 1.82) is 0 Å². The van der Waals surface area contributed by atoms with Crippen molar-refractivity contribution in [1.82, 2.24) is 10.6 Å². The Morgan fingerprint density at radius 1 is 0.933 bits per heavy atom. The highest BCUT2D eigenvalue weighted by Gasteiger charge is 2.21. The van der Waals surface area contributed by atoms with Crippen LogP contribution < -0.4 is 16.0 Å². The summed E-state index contributed by atoms with van der Waals surface area (Å²) in [6, 6.07) is 14.8. The number of carbonyl (C=O) groups is 3. The van der Waals surface area contributed by atoms with Gasteiger partial charge in [-0.2, -0.15) is 0 Å².